The van der Waals surface area contributed by atoms with E-state index in [1.54, 1.807) is 0 Å². The van der Waals surface area contributed by atoms with Crippen LogP contribution < -0.4 is 5.32 Å². The molecule has 1 fully saturated rings. The molecule has 0 spiro atoms. The highest BCUT2D eigenvalue weighted by atomic mass is 32.1. The normalized spacial score (nSPS) is 27.4. The molecule has 2 N–H and O–H groups in total. The van der Waals surface area contributed by atoms with Crippen LogP contribution in [0.1, 0.15) is 6.42 Å². The second-order valence-electron chi connectivity index (χ2n) is 2.04. The lowest BCUT2D eigenvalue weighted by Crippen LogP contribution is -2.11. The Hall–Kier alpha value is 0.270. The van der Waals surface area contributed by atoms with Crippen LogP contribution in [0.15, 0.2) is 0 Å². The van der Waals surface area contributed by atoms with Gasteiger partial charge in [0.1, 0.15) is 0 Å². The molecule has 0 saturated carbocycles. The van der Waals surface area contributed by atoms with Gasteiger partial charge < -0.3 is 10.4 Å². The van der Waals surface area contributed by atoms with Crippen LogP contribution in [0.4, 0.5) is 0 Å². The molecule has 1 heterocycles. The molecule has 0 amide bonds. The zero-order valence-electron chi connectivity index (χ0n) is 4.85. The smallest absolute Gasteiger partial charge is 0.0471 e. The predicted octanol–water partition coefficient (Wildman–Crippen LogP) is -0.299. The Kier molecular flexibility index (Phi) is 4.32. The molecule has 2 nitrogen and oxygen atoms in total. The van der Waals surface area contributed by atoms with Crippen LogP contribution in [0.2, 0.25) is 0 Å². The first-order valence-electron chi connectivity index (χ1n) is 2.75. The lowest BCUT2D eigenvalue weighted by atomic mass is 10.1. The summed E-state index contributed by atoms with van der Waals surface area (Å²) in [5.74, 6) is 0.542. The summed E-state index contributed by atoms with van der Waals surface area (Å²) in [6, 6.07) is 0. The summed E-state index contributed by atoms with van der Waals surface area (Å²) in [7, 11) is 0. The SMILES string of the molecule is OC[C@H]1CCNC1.S. The Labute approximate surface area is 56.7 Å². The van der Waals surface area contributed by atoms with E-state index in [1.807, 2.05) is 0 Å². The summed E-state index contributed by atoms with van der Waals surface area (Å²) in [4.78, 5) is 0. The van der Waals surface area contributed by atoms with Gasteiger partial charge in [-0.25, -0.2) is 0 Å². The highest BCUT2D eigenvalue weighted by molar-refractivity contribution is 7.59. The van der Waals surface area contributed by atoms with Crippen molar-refractivity contribution in [2.75, 3.05) is 19.7 Å². The Morgan fingerprint density at radius 1 is 1.62 bits per heavy atom. The molecule has 0 bridgehead atoms. The maximum absolute atomic E-state index is 8.53. The van der Waals surface area contributed by atoms with Crippen molar-refractivity contribution in [3.8, 4) is 0 Å². The molecule has 1 aliphatic rings. The monoisotopic (exact) mass is 135 g/mol. The Bertz CT molecular complexity index is 54.4. The van der Waals surface area contributed by atoms with Crippen molar-refractivity contribution < 1.29 is 5.11 Å². The minimum atomic E-state index is 0. The van der Waals surface area contributed by atoms with Gasteiger partial charge in [-0.15, -0.1) is 0 Å². The molecule has 3 heteroatoms. The summed E-state index contributed by atoms with van der Waals surface area (Å²) < 4.78 is 0. The fraction of sp³-hybridized carbons (Fsp3) is 1.00. The minimum absolute atomic E-state index is 0. The van der Waals surface area contributed by atoms with Gasteiger partial charge in [-0.3, -0.25) is 0 Å². The number of rotatable bonds is 1. The Morgan fingerprint density at radius 3 is 2.62 bits per heavy atom. The maximum atomic E-state index is 8.53. The summed E-state index contributed by atoms with van der Waals surface area (Å²) >= 11 is 0. The molecule has 0 radical (unpaired) electrons. The summed E-state index contributed by atoms with van der Waals surface area (Å²) in [5, 5.41) is 11.7. The van der Waals surface area contributed by atoms with E-state index in [1.165, 1.54) is 0 Å². The highest BCUT2D eigenvalue weighted by Gasteiger charge is 2.11. The molecule has 0 aromatic heterocycles. The van der Waals surface area contributed by atoms with E-state index in [-0.39, 0.29) is 13.5 Å². The largest absolute Gasteiger partial charge is 0.396 e. The first kappa shape index (κ1) is 8.27. The Balaban J connectivity index is 0.000000490. The summed E-state index contributed by atoms with van der Waals surface area (Å²) in [6.07, 6.45) is 1.15. The van der Waals surface area contributed by atoms with Gasteiger partial charge in [-0.05, 0) is 18.9 Å². The van der Waals surface area contributed by atoms with Gasteiger partial charge in [-0.2, -0.15) is 13.5 Å². The molecule has 0 aliphatic carbocycles. The number of hydrogen-bond donors (Lipinski definition) is 2. The van der Waals surface area contributed by atoms with E-state index in [4.69, 9.17) is 5.11 Å². The van der Waals surface area contributed by atoms with Gasteiger partial charge in [0.05, 0.1) is 0 Å². The van der Waals surface area contributed by atoms with Gasteiger partial charge in [0.2, 0.25) is 0 Å². The molecule has 0 aromatic rings. The fourth-order valence-corrected chi connectivity index (χ4v) is 0.870. The lowest BCUT2D eigenvalue weighted by Gasteiger charge is -1.98. The van der Waals surface area contributed by atoms with Gasteiger partial charge in [0, 0.05) is 13.2 Å². The van der Waals surface area contributed by atoms with Crippen molar-refractivity contribution in [2.45, 2.75) is 6.42 Å². The van der Waals surface area contributed by atoms with Gasteiger partial charge in [-0.1, -0.05) is 0 Å². The second-order valence-corrected chi connectivity index (χ2v) is 2.04. The van der Waals surface area contributed by atoms with Crippen molar-refractivity contribution in [3.05, 3.63) is 0 Å². The first-order chi connectivity index (χ1) is 3.43. The van der Waals surface area contributed by atoms with Crippen LogP contribution in [0.25, 0.3) is 0 Å². The van der Waals surface area contributed by atoms with Crippen molar-refractivity contribution in [1.82, 2.24) is 5.32 Å². The minimum Gasteiger partial charge on any atom is -0.396 e. The quantitative estimate of drug-likeness (QED) is 0.517. The van der Waals surface area contributed by atoms with Crippen molar-refractivity contribution in [3.63, 3.8) is 0 Å². The molecule has 1 rings (SSSR count). The van der Waals surface area contributed by atoms with E-state index in [0.29, 0.717) is 12.5 Å². The first-order valence-corrected chi connectivity index (χ1v) is 2.75. The van der Waals surface area contributed by atoms with E-state index in [0.717, 1.165) is 19.5 Å². The summed E-state index contributed by atoms with van der Waals surface area (Å²) in [6.45, 7) is 2.45. The molecule has 8 heavy (non-hydrogen) atoms. The van der Waals surface area contributed by atoms with Crippen LogP contribution in [0.5, 0.6) is 0 Å². The molecular formula is C5H13NOS. The van der Waals surface area contributed by atoms with Gasteiger partial charge >= 0.3 is 0 Å². The van der Waals surface area contributed by atoms with Gasteiger partial charge in [0.15, 0.2) is 0 Å². The number of aliphatic hydroxyl groups is 1. The van der Waals surface area contributed by atoms with E-state index in [9.17, 15) is 0 Å². The molecule has 1 aliphatic heterocycles. The lowest BCUT2D eigenvalue weighted by molar-refractivity contribution is 0.237. The molecule has 0 unspecified atom stereocenters. The average molecular weight is 135 g/mol. The maximum Gasteiger partial charge on any atom is 0.0471 e. The van der Waals surface area contributed by atoms with Crippen LogP contribution >= 0.6 is 13.5 Å². The highest BCUT2D eigenvalue weighted by Crippen LogP contribution is 2.03. The van der Waals surface area contributed by atoms with Crippen molar-refractivity contribution in [2.24, 2.45) is 5.92 Å². The summed E-state index contributed by atoms with van der Waals surface area (Å²) in [5.41, 5.74) is 0. The molecular weight excluding hydrogens is 122 g/mol. The number of hydrogen-bond acceptors (Lipinski definition) is 2. The third-order valence-electron chi connectivity index (χ3n) is 1.42. The van der Waals surface area contributed by atoms with E-state index < -0.39 is 0 Å². The fourth-order valence-electron chi connectivity index (χ4n) is 0.870. The molecule has 50 valence electrons. The zero-order chi connectivity index (χ0) is 5.11. The molecule has 1 atom stereocenters. The molecule has 1 saturated heterocycles. The number of nitrogens with one attached hydrogen (secondary N) is 1. The van der Waals surface area contributed by atoms with Crippen LogP contribution in [-0.2, 0) is 0 Å². The van der Waals surface area contributed by atoms with Crippen molar-refractivity contribution >= 4 is 13.5 Å². The van der Waals surface area contributed by atoms with Crippen LogP contribution in [0, 0.1) is 5.92 Å². The topological polar surface area (TPSA) is 32.3 Å². The number of aliphatic hydroxyl groups excluding tert-OH is 1. The average Bonchev–Trinajstić information content (AvgIpc) is 2.14. The van der Waals surface area contributed by atoms with Crippen LogP contribution in [-0.4, -0.2) is 24.8 Å². The molecule has 0 aromatic carbocycles. The van der Waals surface area contributed by atoms with Crippen LogP contribution in [0.3, 0.4) is 0 Å². The van der Waals surface area contributed by atoms with Crippen molar-refractivity contribution in [1.29, 1.82) is 0 Å². The second kappa shape index (κ2) is 4.18. The third kappa shape index (κ3) is 2.03. The Morgan fingerprint density at radius 2 is 2.38 bits per heavy atom. The predicted molar refractivity (Wildman–Crippen MR) is 38.4 cm³/mol. The zero-order valence-corrected chi connectivity index (χ0v) is 5.85. The third-order valence-corrected chi connectivity index (χ3v) is 1.42. The van der Waals surface area contributed by atoms with Gasteiger partial charge in [0.25, 0.3) is 0 Å². The standard InChI is InChI=1S/C5H11NO.H2S/c7-4-5-1-2-6-3-5;/h5-7H,1-4H2;1H2/t5-;/m0./s1. The van der Waals surface area contributed by atoms with E-state index >= 15 is 0 Å². The van der Waals surface area contributed by atoms with E-state index in [2.05, 4.69) is 5.32 Å².